The third-order valence-electron chi connectivity index (χ3n) is 3.28. The molecule has 1 heterocycles. The van der Waals surface area contributed by atoms with Crippen molar-refractivity contribution < 1.29 is 27.7 Å². The Morgan fingerprint density at radius 1 is 1.41 bits per heavy atom. The first kappa shape index (κ1) is 20.5. The molecule has 27 heavy (non-hydrogen) atoms. The number of ether oxygens (including phenoxy) is 1. The third-order valence-corrected chi connectivity index (χ3v) is 3.55. The molecule has 0 saturated heterocycles. The highest BCUT2D eigenvalue weighted by atomic mass is 35.5. The van der Waals surface area contributed by atoms with Gasteiger partial charge in [0, 0.05) is 18.3 Å². The maximum atomic E-state index is 12.7. The van der Waals surface area contributed by atoms with E-state index in [0.717, 1.165) is 6.07 Å². The van der Waals surface area contributed by atoms with E-state index < -0.39 is 16.7 Å². The Labute approximate surface area is 156 Å². The van der Waals surface area contributed by atoms with Crippen LogP contribution in [0.3, 0.4) is 0 Å². The van der Waals surface area contributed by atoms with Crippen molar-refractivity contribution in [1.29, 1.82) is 0 Å². The number of nitro benzene ring substituents is 1. The molecule has 0 atom stereocenters. The van der Waals surface area contributed by atoms with Crippen LogP contribution in [0, 0.1) is 10.1 Å². The fourth-order valence-corrected chi connectivity index (χ4v) is 2.28. The molecule has 0 N–H and O–H groups in total. The first-order valence-electron chi connectivity index (χ1n) is 7.29. The highest BCUT2D eigenvalue weighted by Crippen LogP contribution is 2.37. The van der Waals surface area contributed by atoms with Crippen LogP contribution < -0.4 is 9.80 Å². The Morgan fingerprint density at radius 2 is 2.11 bits per heavy atom. The topological polar surface area (TPSA) is 77.7 Å². The van der Waals surface area contributed by atoms with E-state index in [1.54, 1.807) is 0 Å². The van der Waals surface area contributed by atoms with Crippen molar-refractivity contribution in [2.24, 2.45) is 0 Å². The van der Waals surface area contributed by atoms with E-state index in [-0.39, 0.29) is 34.6 Å². The average molecular weight is 404 g/mol. The standard InChI is InChI=1S/C16H13ClF3N3O4/c1-3-6-22(26-2)14-8-11(4-5-13(14)23(24)25)27-15-12(17)7-10(9-21-15)16(18,19)20/h3-5,7-9H,1,6H2,2H3. The van der Waals surface area contributed by atoms with Gasteiger partial charge in [-0.2, -0.15) is 13.2 Å². The number of alkyl halides is 3. The van der Waals surface area contributed by atoms with E-state index in [0.29, 0.717) is 12.3 Å². The fourth-order valence-electron chi connectivity index (χ4n) is 2.08. The largest absolute Gasteiger partial charge is 0.437 e. The number of nitro groups is 1. The molecule has 0 aliphatic rings. The minimum absolute atomic E-state index is 0.0583. The quantitative estimate of drug-likeness (QED) is 0.367. The monoisotopic (exact) mass is 403 g/mol. The smallest absolute Gasteiger partial charge is 0.417 e. The van der Waals surface area contributed by atoms with E-state index in [2.05, 4.69) is 11.6 Å². The van der Waals surface area contributed by atoms with Gasteiger partial charge >= 0.3 is 6.18 Å². The Hall–Kier alpha value is -2.85. The minimum Gasteiger partial charge on any atom is -0.437 e. The molecular weight excluding hydrogens is 391 g/mol. The van der Waals surface area contributed by atoms with Gasteiger partial charge < -0.3 is 4.74 Å². The molecule has 2 aromatic rings. The summed E-state index contributed by atoms with van der Waals surface area (Å²) < 4.78 is 43.4. The molecule has 1 aromatic carbocycles. The summed E-state index contributed by atoms with van der Waals surface area (Å²) in [5.74, 6) is -0.215. The number of anilines is 1. The number of pyridine rings is 1. The van der Waals surface area contributed by atoms with Gasteiger partial charge in [0.05, 0.1) is 24.1 Å². The maximum Gasteiger partial charge on any atom is 0.417 e. The molecule has 0 spiro atoms. The second-order valence-corrected chi connectivity index (χ2v) is 5.46. The zero-order valence-electron chi connectivity index (χ0n) is 13.9. The predicted octanol–water partition coefficient (Wildman–Crippen LogP) is 5.01. The summed E-state index contributed by atoms with van der Waals surface area (Å²) in [6.45, 7) is 3.68. The number of nitrogens with zero attached hydrogens (tertiary/aromatic N) is 3. The predicted molar refractivity (Wildman–Crippen MR) is 92.0 cm³/mol. The zero-order chi connectivity index (χ0) is 20.2. The van der Waals surface area contributed by atoms with Gasteiger partial charge in [-0.3, -0.25) is 15.0 Å². The summed E-state index contributed by atoms with van der Waals surface area (Å²) in [6, 6.07) is 4.38. The van der Waals surface area contributed by atoms with Gasteiger partial charge in [-0.1, -0.05) is 17.7 Å². The maximum absolute atomic E-state index is 12.7. The normalized spacial score (nSPS) is 11.1. The molecule has 0 amide bonds. The van der Waals surface area contributed by atoms with Crippen molar-refractivity contribution in [3.8, 4) is 11.6 Å². The summed E-state index contributed by atoms with van der Waals surface area (Å²) >= 11 is 5.80. The molecule has 0 aliphatic carbocycles. The summed E-state index contributed by atoms with van der Waals surface area (Å²) in [5, 5.41) is 12.1. The van der Waals surface area contributed by atoms with Gasteiger partial charge in [0.2, 0.25) is 5.88 Å². The van der Waals surface area contributed by atoms with E-state index in [1.165, 1.54) is 30.4 Å². The number of hydroxylamine groups is 1. The van der Waals surface area contributed by atoms with Crippen molar-refractivity contribution in [3.63, 3.8) is 0 Å². The van der Waals surface area contributed by atoms with Gasteiger partial charge in [-0.05, 0) is 12.1 Å². The molecule has 0 unspecified atom stereocenters. The van der Waals surface area contributed by atoms with E-state index >= 15 is 0 Å². The molecule has 11 heteroatoms. The van der Waals surface area contributed by atoms with Crippen LogP contribution in [-0.2, 0) is 11.0 Å². The summed E-state index contributed by atoms with van der Waals surface area (Å²) in [7, 11) is 1.31. The number of rotatable bonds is 7. The van der Waals surface area contributed by atoms with Crippen LogP contribution in [0.2, 0.25) is 5.02 Å². The van der Waals surface area contributed by atoms with Crippen LogP contribution in [0.1, 0.15) is 5.56 Å². The number of hydrogen-bond acceptors (Lipinski definition) is 6. The zero-order valence-corrected chi connectivity index (χ0v) is 14.6. The second-order valence-electron chi connectivity index (χ2n) is 5.05. The lowest BCUT2D eigenvalue weighted by Gasteiger charge is -2.20. The van der Waals surface area contributed by atoms with Gasteiger partial charge in [0.15, 0.2) is 0 Å². The van der Waals surface area contributed by atoms with Crippen molar-refractivity contribution in [2.45, 2.75) is 6.18 Å². The SMILES string of the molecule is C=CCN(OC)c1cc(Oc2ncc(C(F)(F)F)cc2Cl)ccc1[N+](=O)[O-]. The summed E-state index contributed by atoms with van der Waals surface area (Å²) in [4.78, 5) is 19.2. The van der Waals surface area contributed by atoms with Crippen LogP contribution in [-0.4, -0.2) is 23.6 Å². The first-order valence-corrected chi connectivity index (χ1v) is 7.66. The molecule has 0 bridgehead atoms. The Balaban J connectivity index is 2.40. The van der Waals surface area contributed by atoms with Crippen LogP contribution in [0.25, 0.3) is 0 Å². The van der Waals surface area contributed by atoms with E-state index in [1.807, 2.05) is 0 Å². The van der Waals surface area contributed by atoms with Crippen molar-refractivity contribution in [1.82, 2.24) is 4.98 Å². The lowest BCUT2D eigenvalue weighted by molar-refractivity contribution is -0.384. The number of benzene rings is 1. The van der Waals surface area contributed by atoms with Gasteiger partial charge in [0.1, 0.15) is 16.5 Å². The molecule has 0 fully saturated rings. The Kier molecular flexibility index (Phi) is 6.24. The van der Waals surface area contributed by atoms with Crippen LogP contribution in [0.5, 0.6) is 11.6 Å². The van der Waals surface area contributed by atoms with Gasteiger partial charge in [-0.15, -0.1) is 6.58 Å². The molecule has 144 valence electrons. The second kappa shape index (κ2) is 8.23. The Bertz CT molecular complexity index is 861. The highest BCUT2D eigenvalue weighted by molar-refractivity contribution is 6.31. The molecule has 2 rings (SSSR count). The number of aromatic nitrogens is 1. The number of halogens is 4. The summed E-state index contributed by atoms with van der Waals surface area (Å²) in [5.41, 5.74) is -1.23. The van der Waals surface area contributed by atoms with Crippen LogP contribution >= 0.6 is 11.6 Å². The molecule has 0 radical (unpaired) electrons. The lowest BCUT2D eigenvalue weighted by Crippen LogP contribution is -2.22. The molecule has 7 nitrogen and oxygen atoms in total. The van der Waals surface area contributed by atoms with E-state index in [4.69, 9.17) is 21.2 Å². The molecule has 0 saturated carbocycles. The molecular formula is C16H13ClF3N3O4. The van der Waals surface area contributed by atoms with E-state index in [9.17, 15) is 23.3 Å². The van der Waals surface area contributed by atoms with Crippen LogP contribution in [0.15, 0.2) is 43.1 Å². The van der Waals surface area contributed by atoms with Crippen molar-refractivity contribution in [3.05, 3.63) is 63.8 Å². The molecule has 0 aliphatic heterocycles. The van der Waals surface area contributed by atoms with Crippen LogP contribution in [0.4, 0.5) is 24.5 Å². The Morgan fingerprint density at radius 3 is 2.63 bits per heavy atom. The van der Waals surface area contributed by atoms with Crippen molar-refractivity contribution in [2.75, 3.05) is 18.7 Å². The minimum atomic E-state index is -4.60. The van der Waals surface area contributed by atoms with Gasteiger partial charge in [0.25, 0.3) is 5.69 Å². The number of hydrogen-bond donors (Lipinski definition) is 0. The summed E-state index contributed by atoms with van der Waals surface area (Å²) in [6.07, 6.45) is -2.55. The highest BCUT2D eigenvalue weighted by Gasteiger charge is 2.32. The lowest BCUT2D eigenvalue weighted by atomic mass is 10.2. The fraction of sp³-hybridized carbons (Fsp3) is 0.188. The third kappa shape index (κ3) is 4.86. The van der Waals surface area contributed by atoms with Crippen molar-refractivity contribution >= 4 is 23.0 Å². The molecule has 1 aromatic heterocycles. The average Bonchev–Trinajstić information content (AvgIpc) is 2.60. The van der Waals surface area contributed by atoms with Gasteiger partial charge in [-0.25, -0.2) is 10.0 Å². The first-order chi connectivity index (χ1) is 12.7.